The van der Waals surface area contributed by atoms with E-state index in [2.05, 4.69) is 11.8 Å². The molecule has 1 amide bonds. The van der Waals surface area contributed by atoms with E-state index in [0.29, 0.717) is 18.4 Å². The molecular weight excluding hydrogens is 232 g/mol. The van der Waals surface area contributed by atoms with Gasteiger partial charge < -0.3 is 10.6 Å². The molecular formula is C13H24N2OS. The van der Waals surface area contributed by atoms with Gasteiger partial charge in [-0.15, -0.1) is 11.8 Å². The van der Waals surface area contributed by atoms with Gasteiger partial charge in [-0.25, -0.2) is 0 Å². The Balaban J connectivity index is 1.96. The Morgan fingerprint density at radius 1 is 1.41 bits per heavy atom. The summed E-state index contributed by atoms with van der Waals surface area (Å²) in [7, 11) is 0. The van der Waals surface area contributed by atoms with Crippen LogP contribution in [0.2, 0.25) is 0 Å². The Labute approximate surface area is 108 Å². The highest BCUT2D eigenvalue weighted by atomic mass is 32.2. The predicted octanol–water partition coefficient (Wildman–Crippen LogP) is 1.86. The van der Waals surface area contributed by atoms with Crippen LogP contribution in [0.1, 0.15) is 39.0 Å². The van der Waals surface area contributed by atoms with E-state index in [-0.39, 0.29) is 11.3 Å². The highest BCUT2D eigenvalue weighted by Crippen LogP contribution is 2.30. The number of rotatable bonds is 2. The summed E-state index contributed by atoms with van der Waals surface area (Å²) in [6.45, 7) is 3.80. The highest BCUT2D eigenvalue weighted by molar-refractivity contribution is 8.00. The number of hydrogen-bond donors (Lipinski definition) is 1. The maximum atomic E-state index is 12.5. The number of carbonyl (C=O) groups is 1. The van der Waals surface area contributed by atoms with Crippen LogP contribution in [0.25, 0.3) is 0 Å². The summed E-state index contributed by atoms with van der Waals surface area (Å²) in [5.74, 6) is 2.22. The molecule has 0 aromatic heterocycles. The second-order valence-electron chi connectivity index (χ2n) is 5.41. The summed E-state index contributed by atoms with van der Waals surface area (Å²) in [5, 5.41) is 0.214. The molecule has 2 saturated heterocycles. The third-order valence-corrected chi connectivity index (χ3v) is 5.35. The molecule has 2 fully saturated rings. The van der Waals surface area contributed by atoms with Gasteiger partial charge in [-0.05, 0) is 37.4 Å². The van der Waals surface area contributed by atoms with E-state index >= 15 is 0 Å². The van der Waals surface area contributed by atoms with Gasteiger partial charge in [-0.3, -0.25) is 4.79 Å². The second-order valence-corrected chi connectivity index (χ2v) is 6.72. The zero-order valence-electron chi connectivity index (χ0n) is 10.7. The summed E-state index contributed by atoms with van der Waals surface area (Å²) < 4.78 is 0. The minimum Gasteiger partial charge on any atom is -0.337 e. The van der Waals surface area contributed by atoms with Gasteiger partial charge in [-0.2, -0.15) is 0 Å². The second kappa shape index (κ2) is 6.10. The maximum Gasteiger partial charge on any atom is 0.235 e. The number of carbonyl (C=O) groups excluding carboxylic acids is 1. The van der Waals surface area contributed by atoms with E-state index in [1.54, 1.807) is 0 Å². The number of nitrogens with two attached hydrogens (primary N) is 1. The van der Waals surface area contributed by atoms with E-state index in [4.69, 9.17) is 5.73 Å². The molecule has 0 spiro atoms. The lowest BCUT2D eigenvalue weighted by Crippen LogP contribution is -2.52. The molecule has 4 heteroatoms. The zero-order chi connectivity index (χ0) is 12.3. The Morgan fingerprint density at radius 3 is 2.88 bits per heavy atom. The van der Waals surface area contributed by atoms with Crippen molar-refractivity contribution in [3.8, 4) is 0 Å². The molecule has 0 bridgehead atoms. The lowest BCUT2D eigenvalue weighted by Gasteiger charge is -2.40. The van der Waals surface area contributed by atoms with E-state index in [0.717, 1.165) is 31.6 Å². The molecule has 3 nitrogen and oxygen atoms in total. The SMILES string of the molecule is CC1CCN(C(=O)C2CCCCS2)C(CN)C1. The molecule has 17 heavy (non-hydrogen) atoms. The van der Waals surface area contributed by atoms with Crippen LogP contribution in [0.5, 0.6) is 0 Å². The normalized spacial score (nSPS) is 34.7. The summed E-state index contributed by atoms with van der Waals surface area (Å²) in [6, 6.07) is 0.286. The van der Waals surface area contributed by atoms with Crippen molar-refractivity contribution in [1.29, 1.82) is 0 Å². The Morgan fingerprint density at radius 2 is 2.24 bits per heavy atom. The van der Waals surface area contributed by atoms with Crippen LogP contribution in [-0.4, -0.2) is 40.9 Å². The van der Waals surface area contributed by atoms with Gasteiger partial charge in [-0.1, -0.05) is 13.3 Å². The molecule has 0 radical (unpaired) electrons. The minimum absolute atomic E-state index is 0.214. The predicted molar refractivity (Wildman–Crippen MR) is 73.1 cm³/mol. The van der Waals surface area contributed by atoms with Crippen LogP contribution in [-0.2, 0) is 4.79 Å². The van der Waals surface area contributed by atoms with Gasteiger partial charge >= 0.3 is 0 Å². The Bertz CT molecular complexity index is 266. The first-order valence-corrected chi connectivity index (χ1v) is 7.89. The van der Waals surface area contributed by atoms with Gasteiger partial charge in [0, 0.05) is 19.1 Å². The van der Waals surface area contributed by atoms with Gasteiger partial charge in [0.2, 0.25) is 5.91 Å². The minimum atomic E-state index is 0.214. The molecule has 2 aliphatic rings. The fourth-order valence-electron chi connectivity index (χ4n) is 2.89. The average Bonchev–Trinajstić information content (AvgIpc) is 2.39. The largest absolute Gasteiger partial charge is 0.337 e. The van der Waals surface area contributed by atoms with Crippen LogP contribution < -0.4 is 5.73 Å². The topological polar surface area (TPSA) is 46.3 Å². The van der Waals surface area contributed by atoms with E-state index < -0.39 is 0 Å². The third-order valence-electron chi connectivity index (χ3n) is 3.99. The van der Waals surface area contributed by atoms with E-state index in [1.807, 2.05) is 11.8 Å². The van der Waals surface area contributed by atoms with Crippen molar-refractivity contribution in [1.82, 2.24) is 4.90 Å². The van der Waals surface area contributed by atoms with Crippen LogP contribution in [0.15, 0.2) is 0 Å². The standard InChI is InChI=1S/C13H24N2OS/c1-10-5-6-15(11(8-10)9-14)13(16)12-4-2-3-7-17-12/h10-12H,2-9,14H2,1H3. The van der Waals surface area contributed by atoms with Crippen molar-refractivity contribution in [2.45, 2.75) is 50.3 Å². The fraction of sp³-hybridized carbons (Fsp3) is 0.923. The molecule has 3 unspecified atom stereocenters. The fourth-order valence-corrected chi connectivity index (χ4v) is 4.15. The number of hydrogen-bond acceptors (Lipinski definition) is 3. The summed E-state index contributed by atoms with van der Waals surface area (Å²) in [6.07, 6.45) is 5.76. The summed E-state index contributed by atoms with van der Waals surface area (Å²) in [5.41, 5.74) is 5.82. The van der Waals surface area contributed by atoms with Crippen molar-refractivity contribution in [3.05, 3.63) is 0 Å². The van der Waals surface area contributed by atoms with Crippen molar-refractivity contribution in [2.75, 3.05) is 18.8 Å². The van der Waals surface area contributed by atoms with E-state index in [9.17, 15) is 4.79 Å². The smallest absolute Gasteiger partial charge is 0.235 e. The Kier molecular flexibility index (Phi) is 4.74. The molecule has 0 aromatic rings. The quantitative estimate of drug-likeness (QED) is 0.820. The average molecular weight is 256 g/mol. The lowest BCUT2D eigenvalue weighted by atomic mass is 9.92. The first kappa shape index (κ1) is 13.2. The number of likely N-dealkylation sites (tertiary alicyclic amines) is 1. The highest BCUT2D eigenvalue weighted by Gasteiger charge is 2.33. The number of amides is 1. The van der Waals surface area contributed by atoms with Gasteiger partial charge in [0.15, 0.2) is 0 Å². The molecule has 3 atom stereocenters. The number of nitrogens with zero attached hydrogens (tertiary/aromatic N) is 1. The van der Waals surface area contributed by atoms with Crippen LogP contribution in [0.3, 0.4) is 0 Å². The van der Waals surface area contributed by atoms with Crippen LogP contribution in [0.4, 0.5) is 0 Å². The first-order valence-electron chi connectivity index (χ1n) is 6.84. The monoisotopic (exact) mass is 256 g/mol. The van der Waals surface area contributed by atoms with Gasteiger partial charge in [0.25, 0.3) is 0 Å². The summed E-state index contributed by atoms with van der Waals surface area (Å²) in [4.78, 5) is 14.6. The van der Waals surface area contributed by atoms with Gasteiger partial charge in [0.05, 0.1) is 5.25 Å². The van der Waals surface area contributed by atoms with Crippen LogP contribution in [0, 0.1) is 5.92 Å². The third kappa shape index (κ3) is 3.16. The summed E-state index contributed by atoms with van der Waals surface area (Å²) >= 11 is 1.85. The number of piperidine rings is 1. The molecule has 0 aromatic carbocycles. The molecule has 2 heterocycles. The van der Waals surface area contributed by atoms with E-state index in [1.165, 1.54) is 12.8 Å². The molecule has 2 rings (SSSR count). The Hall–Kier alpha value is -0.220. The zero-order valence-corrected chi connectivity index (χ0v) is 11.5. The lowest BCUT2D eigenvalue weighted by molar-refractivity contribution is -0.134. The first-order chi connectivity index (χ1) is 8.22. The van der Waals surface area contributed by atoms with Gasteiger partial charge in [0.1, 0.15) is 0 Å². The number of thioether (sulfide) groups is 1. The van der Waals surface area contributed by atoms with Crippen molar-refractivity contribution >= 4 is 17.7 Å². The molecule has 2 N–H and O–H groups in total. The van der Waals surface area contributed by atoms with Crippen molar-refractivity contribution in [2.24, 2.45) is 11.7 Å². The van der Waals surface area contributed by atoms with Crippen molar-refractivity contribution < 1.29 is 4.79 Å². The molecule has 0 aliphatic carbocycles. The molecule has 0 saturated carbocycles. The van der Waals surface area contributed by atoms with Crippen molar-refractivity contribution in [3.63, 3.8) is 0 Å². The molecule has 98 valence electrons. The maximum absolute atomic E-state index is 12.5. The molecule has 2 aliphatic heterocycles. The van der Waals surface area contributed by atoms with Crippen LogP contribution >= 0.6 is 11.8 Å².